The Labute approximate surface area is 150 Å². The van der Waals surface area contributed by atoms with Crippen LogP contribution in [0.25, 0.3) is 0 Å². The number of nitrogens with zero attached hydrogens (tertiary/aromatic N) is 2. The Morgan fingerprint density at radius 2 is 1.75 bits per heavy atom. The van der Waals surface area contributed by atoms with Gasteiger partial charge < -0.3 is 5.32 Å². The summed E-state index contributed by atoms with van der Waals surface area (Å²) < 4.78 is 2.29. The molecule has 0 bridgehead atoms. The first-order chi connectivity index (χ1) is 11.7. The van der Waals surface area contributed by atoms with Gasteiger partial charge in [-0.2, -0.15) is 0 Å². The number of benzene rings is 2. The summed E-state index contributed by atoms with van der Waals surface area (Å²) >= 11 is 1.79. The Bertz CT molecular complexity index is 636. The fourth-order valence-electron chi connectivity index (χ4n) is 3.18. The normalized spacial score (nSPS) is 15.1. The molecule has 1 saturated heterocycles. The minimum atomic E-state index is 0.951. The van der Waals surface area contributed by atoms with E-state index >= 15 is 0 Å². The lowest BCUT2D eigenvalue weighted by molar-refractivity contribution is 0.331. The van der Waals surface area contributed by atoms with Gasteiger partial charge in [-0.1, -0.05) is 24.3 Å². The quantitative estimate of drug-likeness (QED) is 0.749. The predicted octanol–water partition coefficient (Wildman–Crippen LogP) is 4.46. The van der Waals surface area contributed by atoms with Crippen molar-refractivity contribution >= 4 is 17.6 Å². The third kappa shape index (κ3) is 5.00. The average molecular weight is 342 g/mol. The van der Waals surface area contributed by atoms with Gasteiger partial charge in [-0.05, 0) is 80.3 Å². The van der Waals surface area contributed by atoms with Crippen LogP contribution in [-0.4, -0.2) is 36.4 Å². The van der Waals surface area contributed by atoms with Crippen molar-refractivity contribution in [1.82, 2.24) is 9.21 Å². The van der Waals surface area contributed by atoms with Gasteiger partial charge in [0, 0.05) is 30.7 Å². The standard InChI is InChI=1S/C20H27N3S/c1-21-19-8-10-20(11-9-19)24-22(2)15-17-6-5-7-18(14-17)16-23-12-3-4-13-23/h5-11,14,21H,3-4,12-13,15-16H2,1-2H3. The van der Waals surface area contributed by atoms with Gasteiger partial charge in [0.1, 0.15) is 0 Å². The molecule has 1 aliphatic rings. The van der Waals surface area contributed by atoms with Crippen LogP contribution >= 0.6 is 11.9 Å². The van der Waals surface area contributed by atoms with Crippen molar-refractivity contribution in [2.24, 2.45) is 0 Å². The van der Waals surface area contributed by atoms with Gasteiger partial charge in [0.05, 0.1) is 0 Å². The molecule has 1 fully saturated rings. The van der Waals surface area contributed by atoms with Crippen LogP contribution < -0.4 is 5.32 Å². The van der Waals surface area contributed by atoms with Crippen LogP contribution in [0.1, 0.15) is 24.0 Å². The lowest BCUT2D eigenvalue weighted by Crippen LogP contribution is -2.18. The van der Waals surface area contributed by atoms with E-state index in [4.69, 9.17) is 0 Å². The number of anilines is 1. The zero-order valence-corrected chi connectivity index (χ0v) is 15.5. The maximum absolute atomic E-state index is 3.16. The Hall–Kier alpha value is -1.49. The fourth-order valence-corrected chi connectivity index (χ4v) is 4.01. The number of hydrogen-bond acceptors (Lipinski definition) is 4. The first-order valence-electron chi connectivity index (χ1n) is 8.70. The third-order valence-electron chi connectivity index (χ3n) is 4.41. The highest BCUT2D eigenvalue weighted by molar-refractivity contribution is 7.97. The van der Waals surface area contributed by atoms with E-state index in [1.165, 1.54) is 42.0 Å². The second kappa shape index (κ2) is 8.56. The second-order valence-electron chi connectivity index (χ2n) is 6.45. The Morgan fingerprint density at radius 1 is 1.04 bits per heavy atom. The number of nitrogens with one attached hydrogen (secondary N) is 1. The monoisotopic (exact) mass is 341 g/mol. The molecular weight excluding hydrogens is 314 g/mol. The molecule has 3 rings (SSSR count). The summed E-state index contributed by atoms with van der Waals surface area (Å²) in [6, 6.07) is 17.6. The van der Waals surface area contributed by atoms with E-state index in [0.717, 1.165) is 18.8 Å². The van der Waals surface area contributed by atoms with E-state index in [0.29, 0.717) is 0 Å². The SMILES string of the molecule is CNc1ccc(SN(C)Cc2cccc(CN3CCCC3)c2)cc1. The molecule has 0 spiro atoms. The van der Waals surface area contributed by atoms with Crippen LogP contribution in [0.4, 0.5) is 5.69 Å². The van der Waals surface area contributed by atoms with E-state index in [-0.39, 0.29) is 0 Å². The summed E-state index contributed by atoms with van der Waals surface area (Å²) in [6.07, 6.45) is 2.71. The molecule has 0 saturated carbocycles. The molecule has 128 valence electrons. The van der Waals surface area contributed by atoms with Crippen LogP contribution in [0.3, 0.4) is 0 Å². The summed E-state index contributed by atoms with van der Waals surface area (Å²) in [6.45, 7) is 4.55. The van der Waals surface area contributed by atoms with Crippen molar-refractivity contribution in [3.8, 4) is 0 Å². The first kappa shape index (κ1) is 17.3. The molecular formula is C20H27N3S. The van der Waals surface area contributed by atoms with Crippen molar-refractivity contribution in [2.75, 3.05) is 32.5 Å². The number of likely N-dealkylation sites (tertiary alicyclic amines) is 1. The molecule has 2 aromatic carbocycles. The maximum Gasteiger partial charge on any atom is 0.0341 e. The molecule has 1 heterocycles. The zero-order valence-electron chi connectivity index (χ0n) is 14.7. The van der Waals surface area contributed by atoms with Crippen molar-refractivity contribution in [3.05, 3.63) is 59.7 Å². The molecule has 1 N–H and O–H groups in total. The summed E-state index contributed by atoms with van der Waals surface area (Å²) in [4.78, 5) is 3.82. The Morgan fingerprint density at radius 3 is 2.46 bits per heavy atom. The fraction of sp³-hybridized carbons (Fsp3) is 0.400. The smallest absolute Gasteiger partial charge is 0.0341 e. The molecule has 0 amide bonds. The van der Waals surface area contributed by atoms with Crippen LogP contribution in [0.2, 0.25) is 0 Å². The second-order valence-corrected chi connectivity index (χ2v) is 7.73. The van der Waals surface area contributed by atoms with E-state index in [2.05, 4.69) is 70.1 Å². The molecule has 3 nitrogen and oxygen atoms in total. The molecule has 0 unspecified atom stereocenters. The lowest BCUT2D eigenvalue weighted by atomic mass is 10.1. The van der Waals surface area contributed by atoms with Crippen molar-refractivity contribution in [2.45, 2.75) is 30.8 Å². The molecule has 1 aliphatic heterocycles. The third-order valence-corrected chi connectivity index (χ3v) is 5.33. The largest absolute Gasteiger partial charge is 0.388 e. The highest BCUT2D eigenvalue weighted by Gasteiger charge is 2.12. The Kier molecular flexibility index (Phi) is 6.18. The highest BCUT2D eigenvalue weighted by atomic mass is 32.2. The van der Waals surface area contributed by atoms with Gasteiger partial charge in [-0.15, -0.1) is 0 Å². The predicted molar refractivity (Wildman–Crippen MR) is 104 cm³/mol. The molecule has 0 aliphatic carbocycles. The molecule has 0 atom stereocenters. The molecule has 0 radical (unpaired) electrons. The number of hydrogen-bond donors (Lipinski definition) is 1. The van der Waals surface area contributed by atoms with Crippen molar-refractivity contribution < 1.29 is 0 Å². The zero-order chi connectivity index (χ0) is 16.8. The van der Waals surface area contributed by atoms with Gasteiger partial charge in [-0.25, -0.2) is 4.31 Å². The highest BCUT2D eigenvalue weighted by Crippen LogP contribution is 2.24. The number of rotatable bonds is 7. The molecule has 24 heavy (non-hydrogen) atoms. The first-order valence-corrected chi connectivity index (χ1v) is 9.47. The summed E-state index contributed by atoms with van der Waals surface area (Å²) in [7, 11) is 4.10. The van der Waals surface area contributed by atoms with E-state index in [1.54, 1.807) is 11.9 Å². The van der Waals surface area contributed by atoms with Crippen molar-refractivity contribution in [3.63, 3.8) is 0 Å². The van der Waals surface area contributed by atoms with E-state index < -0.39 is 0 Å². The maximum atomic E-state index is 3.16. The van der Waals surface area contributed by atoms with E-state index in [9.17, 15) is 0 Å². The molecule has 4 heteroatoms. The Balaban J connectivity index is 1.55. The van der Waals surface area contributed by atoms with Crippen LogP contribution in [0.15, 0.2) is 53.4 Å². The summed E-state index contributed by atoms with van der Waals surface area (Å²) in [5, 5.41) is 3.16. The van der Waals surface area contributed by atoms with Crippen LogP contribution in [-0.2, 0) is 13.1 Å². The van der Waals surface area contributed by atoms with Gasteiger partial charge in [0.25, 0.3) is 0 Å². The van der Waals surface area contributed by atoms with Gasteiger partial charge >= 0.3 is 0 Å². The topological polar surface area (TPSA) is 18.5 Å². The molecule has 2 aromatic rings. The minimum absolute atomic E-state index is 0.951. The lowest BCUT2D eigenvalue weighted by Gasteiger charge is -2.18. The van der Waals surface area contributed by atoms with Gasteiger partial charge in [-0.3, -0.25) is 4.90 Å². The van der Waals surface area contributed by atoms with Crippen LogP contribution in [0, 0.1) is 0 Å². The summed E-state index contributed by atoms with van der Waals surface area (Å²) in [5.41, 5.74) is 3.97. The van der Waals surface area contributed by atoms with Crippen LogP contribution in [0.5, 0.6) is 0 Å². The molecule has 0 aromatic heterocycles. The van der Waals surface area contributed by atoms with Gasteiger partial charge in [0.15, 0.2) is 0 Å². The van der Waals surface area contributed by atoms with Gasteiger partial charge in [0.2, 0.25) is 0 Å². The average Bonchev–Trinajstić information content (AvgIpc) is 3.09. The van der Waals surface area contributed by atoms with E-state index in [1.807, 2.05) is 7.05 Å². The van der Waals surface area contributed by atoms with Crippen molar-refractivity contribution in [1.29, 1.82) is 0 Å². The summed E-state index contributed by atoms with van der Waals surface area (Å²) in [5.74, 6) is 0. The minimum Gasteiger partial charge on any atom is -0.388 e.